The average Bonchev–Trinajstić information content (AvgIpc) is 2.99. The Morgan fingerprint density at radius 2 is 0.974 bits per heavy atom. The van der Waals surface area contributed by atoms with E-state index in [1.165, 1.54) is 33.4 Å². The number of fused-ring (bicyclic) bond motifs is 2. The average molecular weight is 521 g/mol. The van der Waals surface area contributed by atoms with Crippen molar-refractivity contribution in [1.29, 1.82) is 0 Å². The summed E-state index contributed by atoms with van der Waals surface area (Å²) in [6, 6.07) is 30.4. The molecular weight excluding hydrogens is 484 g/mol. The Hall–Kier alpha value is -3.80. The lowest BCUT2D eigenvalue weighted by Crippen LogP contribution is -2.31. The second-order valence-electron chi connectivity index (χ2n) is 10.4. The molecule has 0 spiro atoms. The third kappa shape index (κ3) is 5.80. The SMILES string of the molecule is COc1ccc2c(c1)CCN[C@@H]2Cc1ccc(Oc2ccc(C[C@H]3NCCc4cc(OC)ccc43)cc2)cc1. The largest absolute Gasteiger partial charge is 0.497 e. The van der Waals surface area contributed by atoms with Crippen LogP contribution in [-0.2, 0) is 25.7 Å². The summed E-state index contributed by atoms with van der Waals surface area (Å²) in [5.74, 6) is 3.57. The molecule has 0 radical (unpaired) electrons. The Balaban J connectivity index is 1.07. The van der Waals surface area contributed by atoms with Gasteiger partial charge in [-0.1, -0.05) is 36.4 Å². The molecule has 5 heteroatoms. The molecule has 0 aliphatic carbocycles. The van der Waals surface area contributed by atoms with E-state index < -0.39 is 0 Å². The van der Waals surface area contributed by atoms with E-state index in [-0.39, 0.29) is 0 Å². The van der Waals surface area contributed by atoms with Crippen molar-refractivity contribution in [3.05, 3.63) is 118 Å². The van der Waals surface area contributed by atoms with Crippen molar-refractivity contribution in [2.75, 3.05) is 27.3 Å². The van der Waals surface area contributed by atoms with Gasteiger partial charge in [0, 0.05) is 12.1 Å². The van der Waals surface area contributed by atoms with E-state index in [0.717, 1.165) is 61.8 Å². The fourth-order valence-electron chi connectivity index (χ4n) is 5.87. The molecule has 0 saturated carbocycles. The molecule has 200 valence electrons. The van der Waals surface area contributed by atoms with Crippen LogP contribution in [0.4, 0.5) is 0 Å². The number of ether oxygens (including phenoxy) is 3. The maximum atomic E-state index is 6.17. The Bertz CT molecular complexity index is 1310. The molecular formula is C34H36N2O3. The summed E-state index contributed by atoms with van der Waals surface area (Å²) in [5.41, 5.74) is 8.08. The number of benzene rings is 4. The maximum absolute atomic E-state index is 6.17. The van der Waals surface area contributed by atoms with Crippen molar-refractivity contribution in [1.82, 2.24) is 10.6 Å². The predicted molar refractivity (Wildman–Crippen MR) is 155 cm³/mol. The van der Waals surface area contributed by atoms with Gasteiger partial charge in [0.05, 0.1) is 14.2 Å². The van der Waals surface area contributed by atoms with Gasteiger partial charge in [0.25, 0.3) is 0 Å². The lowest BCUT2D eigenvalue weighted by Gasteiger charge is -2.27. The summed E-state index contributed by atoms with van der Waals surface area (Å²) in [7, 11) is 3.45. The smallest absolute Gasteiger partial charge is 0.127 e. The standard InChI is InChI=1S/C34H36N2O3/c1-37-29-11-13-31-25(21-29)15-17-35-33(31)19-23-3-7-27(8-4-23)39-28-9-5-24(6-10-28)20-34-32-14-12-30(38-2)22-26(32)16-18-36-34/h3-14,21-22,33-36H,15-20H2,1-2H3/t33-,34-/m1/s1. The van der Waals surface area contributed by atoms with Crippen molar-refractivity contribution >= 4 is 0 Å². The van der Waals surface area contributed by atoms with Crippen molar-refractivity contribution in [3.8, 4) is 23.0 Å². The first-order valence-electron chi connectivity index (χ1n) is 13.8. The van der Waals surface area contributed by atoms with Gasteiger partial charge in [-0.25, -0.2) is 0 Å². The Labute approximate surface area is 231 Å². The normalized spacial score (nSPS) is 18.1. The minimum Gasteiger partial charge on any atom is -0.497 e. The monoisotopic (exact) mass is 520 g/mol. The molecule has 5 nitrogen and oxygen atoms in total. The highest BCUT2D eigenvalue weighted by Gasteiger charge is 2.21. The fraction of sp³-hybridized carbons (Fsp3) is 0.294. The first-order valence-corrected chi connectivity index (χ1v) is 13.8. The van der Waals surface area contributed by atoms with E-state index in [2.05, 4.69) is 95.6 Å². The quantitative estimate of drug-likeness (QED) is 0.283. The molecule has 2 aliphatic rings. The van der Waals surface area contributed by atoms with E-state index >= 15 is 0 Å². The van der Waals surface area contributed by atoms with Crippen LogP contribution < -0.4 is 24.8 Å². The van der Waals surface area contributed by atoms with Crippen molar-refractivity contribution in [2.24, 2.45) is 0 Å². The Morgan fingerprint density at radius 1 is 0.564 bits per heavy atom. The molecule has 0 aromatic heterocycles. The molecule has 0 amide bonds. The van der Waals surface area contributed by atoms with Gasteiger partial charge in [0.15, 0.2) is 0 Å². The number of hydrogen-bond acceptors (Lipinski definition) is 5. The van der Waals surface area contributed by atoms with Crippen LogP contribution in [0, 0.1) is 0 Å². The van der Waals surface area contributed by atoms with Gasteiger partial charge in [0.2, 0.25) is 0 Å². The van der Waals surface area contributed by atoms with Crippen LogP contribution in [0.3, 0.4) is 0 Å². The minimum atomic E-state index is 0.312. The molecule has 0 unspecified atom stereocenters. The first kappa shape index (κ1) is 25.5. The number of hydrogen-bond donors (Lipinski definition) is 2. The third-order valence-corrected chi connectivity index (χ3v) is 7.98. The first-order chi connectivity index (χ1) is 19.2. The number of rotatable bonds is 8. The highest BCUT2D eigenvalue weighted by atomic mass is 16.5. The van der Waals surface area contributed by atoms with Gasteiger partial charge >= 0.3 is 0 Å². The van der Waals surface area contributed by atoms with Gasteiger partial charge in [-0.3, -0.25) is 0 Å². The third-order valence-electron chi connectivity index (χ3n) is 7.98. The zero-order valence-electron chi connectivity index (χ0n) is 22.7. The molecule has 0 bridgehead atoms. The summed E-state index contributed by atoms with van der Waals surface area (Å²) < 4.78 is 17.0. The summed E-state index contributed by atoms with van der Waals surface area (Å²) >= 11 is 0. The van der Waals surface area contributed by atoms with Crippen LogP contribution in [-0.4, -0.2) is 27.3 Å². The Morgan fingerprint density at radius 3 is 1.38 bits per heavy atom. The molecule has 2 aliphatic heterocycles. The van der Waals surface area contributed by atoms with Gasteiger partial charge < -0.3 is 24.8 Å². The second kappa shape index (κ2) is 11.5. The molecule has 0 fully saturated rings. The van der Waals surface area contributed by atoms with Gasteiger partial charge in [-0.05, 0) is 121 Å². The van der Waals surface area contributed by atoms with Gasteiger partial charge in [-0.15, -0.1) is 0 Å². The van der Waals surface area contributed by atoms with E-state index in [9.17, 15) is 0 Å². The molecule has 2 atom stereocenters. The van der Waals surface area contributed by atoms with Gasteiger partial charge in [0.1, 0.15) is 23.0 Å². The van der Waals surface area contributed by atoms with Crippen molar-refractivity contribution < 1.29 is 14.2 Å². The highest BCUT2D eigenvalue weighted by Crippen LogP contribution is 2.32. The highest BCUT2D eigenvalue weighted by molar-refractivity contribution is 5.42. The molecule has 39 heavy (non-hydrogen) atoms. The topological polar surface area (TPSA) is 51.8 Å². The van der Waals surface area contributed by atoms with Crippen LogP contribution in [0.25, 0.3) is 0 Å². The maximum Gasteiger partial charge on any atom is 0.127 e. The van der Waals surface area contributed by atoms with Crippen LogP contribution in [0.5, 0.6) is 23.0 Å². The van der Waals surface area contributed by atoms with E-state index in [1.807, 2.05) is 0 Å². The van der Waals surface area contributed by atoms with Crippen LogP contribution >= 0.6 is 0 Å². The Kier molecular flexibility index (Phi) is 7.53. The minimum absolute atomic E-state index is 0.312. The van der Waals surface area contributed by atoms with Crippen LogP contribution in [0.1, 0.15) is 45.5 Å². The number of nitrogens with one attached hydrogen (secondary N) is 2. The van der Waals surface area contributed by atoms with E-state index in [4.69, 9.17) is 14.2 Å². The molecule has 4 aromatic carbocycles. The lowest BCUT2D eigenvalue weighted by atomic mass is 9.90. The van der Waals surface area contributed by atoms with E-state index in [0.29, 0.717) is 12.1 Å². The van der Waals surface area contributed by atoms with Crippen molar-refractivity contribution in [3.63, 3.8) is 0 Å². The fourth-order valence-corrected chi connectivity index (χ4v) is 5.87. The zero-order chi connectivity index (χ0) is 26.6. The van der Waals surface area contributed by atoms with Crippen molar-refractivity contribution in [2.45, 2.75) is 37.8 Å². The molecule has 4 aromatic rings. The predicted octanol–water partition coefficient (Wildman–Crippen LogP) is 6.36. The summed E-state index contributed by atoms with van der Waals surface area (Å²) in [6.07, 6.45) is 3.96. The lowest BCUT2D eigenvalue weighted by molar-refractivity contribution is 0.412. The summed E-state index contributed by atoms with van der Waals surface area (Å²) in [6.45, 7) is 1.97. The number of methoxy groups -OCH3 is 2. The molecule has 0 saturated heterocycles. The van der Waals surface area contributed by atoms with Gasteiger partial charge in [-0.2, -0.15) is 0 Å². The second-order valence-corrected chi connectivity index (χ2v) is 10.4. The summed E-state index contributed by atoms with van der Waals surface area (Å²) in [4.78, 5) is 0. The van der Waals surface area contributed by atoms with Crippen LogP contribution in [0.15, 0.2) is 84.9 Å². The molecule has 2 N–H and O–H groups in total. The molecule has 6 rings (SSSR count). The molecule has 2 heterocycles. The van der Waals surface area contributed by atoms with Crippen LogP contribution in [0.2, 0.25) is 0 Å². The van der Waals surface area contributed by atoms with E-state index in [1.54, 1.807) is 14.2 Å². The summed E-state index contributed by atoms with van der Waals surface area (Å²) in [5, 5.41) is 7.36. The zero-order valence-corrected chi connectivity index (χ0v) is 22.7.